The van der Waals surface area contributed by atoms with E-state index in [1.54, 1.807) is 0 Å². The van der Waals surface area contributed by atoms with Crippen molar-refractivity contribution in [1.82, 2.24) is 4.98 Å². The number of hydrogen-bond acceptors (Lipinski definition) is 4. The molecule has 0 aliphatic carbocycles. The van der Waals surface area contributed by atoms with E-state index < -0.39 is 0 Å². The number of aromatic nitrogens is 1. The Hall–Kier alpha value is -2.14. The van der Waals surface area contributed by atoms with Gasteiger partial charge < -0.3 is 15.2 Å². The predicted molar refractivity (Wildman–Crippen MR) is 87.2 cm³/mol. The molecule has 0 fully saturated rings. The summed E-state index contributed by atoms with van der Waals surface area (Å²) in [5.74, 6) is 1.67. The third kappa shape index (κ3) is 3.92. The summed E-state index contributed by atoms with van der Waals surface area (Å²) in [5, 5.41) is 0. The molecule has 1 aromatic heterocycles. The van der Waals surface area contributed by atoms with Crippen molar-refractivity contribution < 1.29 is 9.47 Å². The van der Waals surface area contributed by atoms with Gasteiger partial charge >= 0.3 is 0 Å². The maximum absolute atomic E-state index is 5.88. The van der Waals surface area contributed by atoms with Gasteiger partial charge in [-0.25, -0.2) is 4.98 Å². The van der Waals surface area contributed by atoms with Crippen LogP contribution in [0.2, 0.25) is 0 Å². The Bertz CT molecular complexity index is 644. The second kappa shape index (κ2) is 7.04. The van der Waals surface area contributed by atoms with Crippen molar-refractivity contribution in [3.63, 3.8) is 0 Å². The molecule has 5 heteroatoms. The van der Waals surface area contributed by atoms with Crippen molar-refractivity contribution in [2.75, 3.05) is 6.61 Å². The third-order valence-corrected chi connectivity index (χ3v) is 3.00. The van der Waals surface area contributed by atoms with Crippen LogP contribution in [-0.2, 0) is 0 Å². The monoisotopic (exact) mass is 302 g/mol. The number of nitrogens with two attached hydrogens (primary N) is 1. The normalized spacial score (nSPS) is 10.2. The molecule has 1 aromatic carbocycles. The van der Waals surface area contributed by atoms with Crippen molar-refractivity contribution >= 4 is 17.2 Å². The molecule has 110 valence electrons. The van der Waals surface area contributed by atoms with Crippen LogP contribution in [0.1, 0.15) is 24.6 Å². The van der Waals surface area contributed by atoms with Gasteiger partial charge in [-0.05, 0) is 37.6 Å². The Labute approximate surface area is 129 Å². The summed E-state index contributed by atoms with van der Waals surface area (Å²) < 4.78 is 11.5. The SMILES string of the molecule is CCCOc1ccccc1Oc1nc(C)ccc1C(N)=S. The average molecular weight is 302 g/mol. The van der Waals surface area contributed by atoms with E-state index in [1.807, 2.05) is 43.3 Å². The molecule has 21 heavy (non-hydrogen) atoms. The number of rotatable bonds is 6. The molecule has 0 radical (unpaired) electrons. The van der Waals surface area contributed by atoms with Crippen molar-refractivity contribution in [3.05, 3.63) is 47.7 Å². The molecule has 0 saturated heterocycles. The zero-order valence-electron chi connectivity index (χ0n) is 12.1. The molecule has 0 unspecified atom stereocenters. The highest BCUT2D eigenvalue weighted by Crippen LogP contribution is 2.32. The number of nitrogens with zero attached hydrogens (tertiary/aromatic N) is 1. The highest BCUT2D eigenvalue weighted by molar-refractivity contribution is 7.80. The van der Waals surface area contributed by atoms with E-state index in [9.17, 15) is 0 Å². The standard InChI is InChI=1S/C16H18N2O2S/c1-3-10-19-13-6-4-5-7-14(13)20-16-12(15(17)21)9-8-11(2)18-16/h4-9H,3,10H2,1-2H3,(H2,17,21). The lowest BCUT2D eigenvalue weighted by atomic mass is 10.2. The fourth-order valence-electron chi connectivity index (χ4n) is 1.77. The van der Waals surface area contributed by atoms with Crippen LogP contribution in [0.5, 0.6) is 17.4 Å². The highest BCUT2D eigenvalue weighted by atomic mass is 32.1. The van der Waals surface area contributed by atoms with Gasteiger partial charge in [0.15, 0.2) is 11.5 Å². The average Bonchev–Trinajstić information content (AvgIpc) is 2.46. The minimum absolute atomic E-state index is 0.254. The lowest BCUT2D eigenvalue weighted by Crippen LogP contribution is -2.12. The molecule has 0 bridgehead atoms. The number of para-hydroxylation sites is 2. The number of hydrogen-bond donors (Lipinski definition) is 1. The van der Waals surface area contributed by atoms with Crippen LogP contribution < -0.4 is 15.2 Å². The molecule has 0 saturated carbocycles. The molecule has 2 rings (SSSR count). The Morgan fingerprint density at radius 1 is 1.19 bits per heavy atom. The second-order valence-electron chi connectivity index (χ2n) is 4.57. The Balaban J connectivity index is 2.34. The third-order valence-electron chi connectivity index (χ3n) is 2.78. The number of benzene rings is 1. The van der Waals surface area contributed by atoms with E-state index in [1.165, 1.54) is 0 Å². The summed E-state index contributed by atoms with van der Waals surface area (Å²) in [6, 6.07) is 11.1. The maximum atomic E-state index is 5.88. The van der Waals surface area contributed by atoms with Gasteiger partial charge in [0.05, 0.1) is 12.2 Å². The van der Waals surface area contributed by atoms with Crippen molar-refractivity contribution in [2.24, 2.45) is 5.73 Å². The fourth-order valence-corrected chi connectivity index (χ4v) is 1.92. The van der Waals surface area contributed by atoms with Crippen LogP contribution >= 0.6 is 12.2 Å². The molecule has 2 aromatic rings. The van der Waals surface area contributed by atoms with Gasteiger partial charge in [0, 0.05) is 5.69 Å². The Kier molecular flexibility index (Phi) is 5.11. The first-order valence-corrected chi connectivity index (χ1v) is 7.19. The molecule has 0 aliphatic rings. The molecule has 4 nitrogen and oxygen atoms in total. The van der Waals surface area contributed by atoms with Crippen LogP contribution in [0.15, 0.2) is 36.4 Å². The first-order chi connectivity index (χ1) is 10.1. The summed E-state index contributed by atoms with van der Waals surface area (Å²) in [5.41, 5.74) is 7.16. The summed E-state index contributed by atoms with van der Waals surface area (Å²) in [4.78, 5) is 4.62. The molecule has 2 N–H and O–H groups in total. The first kappa shape index (κ1) is 15.3. The minimum atomic E-state index is 0.254. The molecule has 0 atom stereocenters. The van der Waals surface area contributed by atoms with Crippen molar-refractivity contribution in [1.29, 1.82) is 0 Å². The van der Waals surface area contributed by atoms with E-state index in [4.69, 9.17) is 27.4 Å². The molecule has 0 amide bonds. The predicted octanol–water partition coefficient (Wildman–Crippen LogP) is 3.61. The lowest BCUT2D eigenvalue weighted by molar-refractivity contribution is 0.300. The molecule has 0 aliphatic heterocycles. The van der Waals surface area contributed by atoms with Crippen LogP contribution in [0.3, 0.4) is 0 Å². The van der Waals surface area contributed by atoms with E-state index in [2.05, 4.69) is 11.9 Å². The van der Waals surface area contributed by atoms with Crippen molar-refractivity contribution in [2.45, 2.75) is 20.3 Å². The molecule has 0 spiro atoms. The molecular weight excluding hydrogens is 284 g/mol. The highest BCUT2D eigenvalue weighted by Gasteiger charge is 2.12. The number of ether oxygens (including phenoxy) is 2. The van der Waals surface area contributed by atoms with E-state index in [-0.39, 0.29) is 4.99 Å². The molecule has 1 heterocycles. The Morgan fingerprint density at radius 2 is 1.90 bits per heavy atom. The summed E-state index contributed by atoms with van der Waals surface area (Å²) in [6.45, 7) is 4.57. The Morgan fingerprint density at radius 3 is 2.57 bits per heavy atom. The summed E-state index contributed by atoms with van der Waals surface area (Å²) in [7, 11) is 0. The maximum Gasteiger partial charge on any atom is 0.229 e. The van der Waals surface area contributed by atoms with Gasteiger partial charge in [0.25, 0.3) is 0 Å². The van der Waals surface area contributed by atoms with Gasteiger partial charge in [-0.1, -0.05) is 31.3 Å². The van der Waals surface area contributed by atoms with Crippen LogP contribution in [0, 0.1) is 6.92 Å². The zero-order chi connectivity index (χ0) is 15.2. The number of aryl methyl sites for hydroxylation is 1. The number of thiocarbonyl (C=S) groups is 1. The van der Waals surface area contributed by atoms with Crippen molar-refractivity contribution in [3.8, 4) is 17.4 Å². The zero-order valence-corrected chi connectivity index (χ0v) is 12.9. The summed E-state index contributed by atoms with van der Waals surface area (Å²) in [6.07, 6.45) is 0.926. The van der Waals surface area contributed by atoms with Gasteiger partial charge in [0.1, 0.15) is 4.99 Å². The fraction of sp³-hybridized carbons (Fsp3) is 0.250. The van der Waals surface area contributed by atoms with Gasteiger partial charge in [-0.3, -0.25) is 0 Å². The van der Waals surface area contributed by atoms with Gasteiger partial charge in [-0.15, -0.1) is 0 Å². The van der Waals surface area contributed by atoms with Gasteiger partial charge in [-0.2, -0.15) is 0 Å². The number of pyridine rings is 1. The quantitative estimate of drug-likeness (QED) is 0.826. The van der Waals surface area contributed by atoms with Gasteiger partial charge in [0.2, 0.25) is 5.88 Å². The summed E-state index contributed by atoms with van der Waals surface area (Å²) >= 11 is 5.04. The second-order valence-corrected chi connectivity index (χ2v) is 5.01. The lowest BCUT2D eigenvalue weighted by Gasteiger charge is -2.13. The van der Waals surface area contributed by atoms with Crippen LogP contribution in [0.25, 0.3) is 0 Å². The molecular formula is C16H18N2O2S. The largest absolute Gasteiger partial charge is 0.490 e. The van der Waals surface area contributed by atoms with E-state index in [0.717, 1.165) is 12.1 Å². The van der Waals surface area contributed by atoms with E-state index in [0.29, 0.717) is 29.5 Å². The van der Waals surface area contributed by atoms with Crippen LogP contribution in [-0.4, -0.2) is 16.6 Å². The first-order valence-electron chi connectivity index (χ1n) is 6.79. The van der Waals surface area contributed by atoms with Crippen LogP contribution in [0.4, 0.5) is 0 Å². The van der Waals surface area contributed by atoms with E-state index >= 15 is 0 Å². The minimum Gasteiger partial charge on any atom is -0.490 e. The topological polar surface area (TPSA) is 57.4 Å². The smallest absolute Gasteiger partial charge is 0.229 e.